The Morgan fingerprint density at radius 3 is 2.78 bits per heavy atom. The highest BCUT2D eigenvalue weighted by atomic mass is 16.3. The zero-order chi connectivity index (χ0) is 13.1. The van der Waals surface area contributed by atoms with Crippen LogP contribution in [-0.2, 0) is 0 Å². The lowest BCUT2D eigenvalue weighted by Gasteiger charge is -2.29. The summed E-state index contributed by atoms with van der Waals surface area (Å²) >= 11 is 0. The second-order valence-electron chi connectivity index (χ2n) is 4.55. The van der Waals surface area contributed by atoms with E-state index in [2.05, 4.69) is 10.4 Å². The summed E-state index contributed by atoms with van der Waals surface area (Å²) in [5, 5.41) is 9.43. The molecule has 1 aromatic rings. The first-order chi connectivity index (χ1) is 8.60. The van der Waals surface area contributed by atoms with E-state index >= 15 is 0 Å². The third-order valence-corrected chi connectivity index (χ3v) is 3.10. The highest BCUT2D eigenvalue weighted by Gasteiger charge is 2.22. The molecule has 1 saturated heterocycles. The quantitative estimate of drug-likeness (QED) is 0.518. The molecule has 0 aromatic carbocycles. The number of aliphatic hydroxyl groups is 1. The molecule has 1 aliphatic rings. The zero-order valence-electron chi connectivity index (χ0n) is 10.4. The number of carbonyl (C=O) groups is 1. The second kappa shape index (κ2) is 5.32. The van der Waals surface area contributed by atoms with Gasteiger partial charge in [-0.25, -0.2) is 10.8 Å². The van der Waals surface area contributed by atoms with Crippen LogP contribution in [0.5, 0.6) is 0 Å². The van der Waals surface area contributed by atoms with E-state index in [1.54, 1.807) is 17.0 Å². The van der Waals surface area contributed by atoms with Crippen molar-refractivity contribution >= 4 is 11.7 Å². The van der Waals surface area contributed by atoms with Gasteiger partial charge in [-0.05, 0) is 31.9 Å². The molecule has 98 valence electrons. The van der Waals surface area contributed by atoms with Gasteiger partial charge in [0, 0.05) is 24.3 Å². The number of aromatic nitrogens is 1. The normalized spacial score (nSPS) is 16.7. The maximum atomic E-state index is 12.3. The molecular formula is C12H18N4O2. The van der Waals surface area contributed by atoms with Gasteiger partial charge in [0.05, 0.1) is 6.10 Å². The number of carbonyl (C=O) groups excluding carboxylic acids is 1. The van der Waals surface area contributed by atoms with Gasteiger partial charge in [0.1, 0.15) is 5.82 Å². The minimum Gasteiger partial charge on any atom is -0.393 e. The van der Waals surface area contributed by atoms with Crippen LogP contribution in [0.1, 0.15) is 28.9 Å². The van der Waals surface area contributed by atoms with Crippen molar-refractivity contribution < 1.29 is 9.90 Å². The third-order valence-electron chi connectivity index (χ3n) is 3.10. The number of nitrogens with one attached hydrogen (secondary N) is 1. The van der Waals surface area contributed by atoms with Crippen molar-refractivity contribution in [2.24, 2.45) is 5.84 Å². The van der Waals surface area contributed by atoms with E-state index in [4.69, 9.17) is 5.84 Å². The lowest BCUT2D eigenvalue weighted by molar-refractivity contribution is 0.0546. The molecule has 0 radical (unpaired) electrons. The molecule has 0 atom stereocenters. The first-order valence-electron chi connectivity index (χ1n) is 6.03. The SMILES string of the molecule is Cc1cc(C(=O)N2CCC(O)CC2)cc(NN)n1. The number of likely N-dealkylation sites (tertiary alicyclic amines) is 1. The average Bonchev–Trinajstić information content (AvgIpc) is 2.38. The molecule has 4 N–H and O–H groups in total. The van der Waals surface area contributed by atoms with Gasteiger partial charge in [-0.3, -0.25) is 4.79 Å². The van der Waals surface area contributed by atoms with Gasteiger partial charge in [0.2, 0.25) is 0 Å². The Balaban J connectivity index is 2.15. The molecule has 0 saturated carbocycles. The monoisotopic (exact) mass is 250 g/mol. The van der Waals surface area contributed by atoms with E-state index in [9.17, 15) is 9.90 Å². The predicted molar refractivity (Wildman–Crippen MR) is 67.9 cm³/mol. The summed E-state index contributed by atoms with van der Waals surface area (Å²) < 4.78 is 0. The van der Waals surface area contributed by atoms with Crippen molar-refractivity contribution in [1.82, 2.24) is 9.88 Å². The Bertz CT molecular complexity index is 442. The van der Waals surface area contributed by atoms with Crippen molar-refractivity contribution in [2.45, 2.75) is 25.9 Å². The molecule has 1 aliphatic heterocycles. The van der Waals surface area contributed by atoms with Crippen LogP contribution in [0.2, 0.25) is 0 Å². The largest absolute Gasteiger partial charge is 0.393 e. The first-order valence-corrected chi connectivity index (χ1v) is 6.03. The van der Waals surface area contributed by atoms with Gasteiger partial charge in [-0.15, -0.1) is 0 Å². The number of hydrogen-bond donors (Lipinski definition) is 3. The molecule has 2 rings (SSSR count). The number of amides is 1. The van der Waals surface area contributed by atoms with Crippen molar-refractivity contribution in [3.8, 4) is 0 Å². The molecule has 0 unspecified atom stereocenters. The molecule has 2 heterocycles. The van der Waals surface area contributed by atoms with Crippen LogP contribution < -0.4 is 11.3 Å². The van der Waals surface area contributed by atoms with Gasteiger partial charge in [-0.1, -0.05) is 0 Å². The fourth-order valence-electron chi connectivity index (χ4n) is 2.12. The highest BCUT2D eigenvalue weighted by Crippen LogP contribution is 2.16. The molecule has 6 nitrogen and oxygen atoms in total. The predicted octanol–water partition coefficient (Wildman–Crippen LogP) is 0.273. The number of pyridine rings is 1. The molecule has 6 heteroatoms. The molecule has 0 bridgehead atoms. The van der Waals surface area contributed by atoms with Gasteiger partial charge >= 0.3 is 0 Å². The summed E-state index contributed by atoms with van der Waals surface area (Å²) in [6, 6.07) is 3.38. The van der Waals surface area contributed by atoms with Gasteiger partial charge < -0.3 is 15.4 Å². The van der Waals surface area contributed by atoms with E-state index in [0.717, 1.165) is 5.69 Å². The summed E-state index contributed by atoms with van der Waals surface area (Å²) in [6.07, 6.45) is 0.991. The number of hydrazine groups is 1. The maximum Gasteiger partial charge on any atom is 0.254 e. The smallest absolute Gasteiger partial charge is 0.254 e. The standard InChI is InChI=1S/C12H18N4O2/c1-8-6-9(7-11(14-8)15-13)12(18)16-4-2-10(17)3-5-16/h6-7,10,17H,2-5,13H2,1H3,(H,14,15). The van der Waals surface area contributed by atoms with Crippen LogP contribution >= 0.6 is 0 Å². The van der Waals surface area contributed by atoms with E-state index in [-0.39, 0.29) is 12.0 Å². The summed E-state index contributed by atoms with van der Waals surface area (Å²) in [5.74, 6) is 5.76. The Labute approximate surface area is 106 Å². The fraction of sp³-hybridized carbons (Fsp3) is 0.500. The molecule has 1 amide bonds. The third kappa shape index (κ3) is 2.77. The Morgan fingerprint density at radius 1 is 1.50 bits per heavy atom. The number of nitrogens with zero attached hydrogens (tertiary/aromatic N) is 2. The van der Waals surface area contributed by atoms with E-state index in [1.807, 2.05) is 6.92 Å². The first kappa shape index (κ1) is 12.8. The van der Waals surface area contributed by atoms with Gasteiger partial charge in [-0.2, -0.15) is 0 Å². The van der Waals surface area contributed by atoms with Crippen molar-refractivity contribution in [3.63, 3.8) is 0 Å². The van der Waals surface area contributed by atoms with E-state index < -0.39 is 0 Å². The lowest BCUT2D eigenvalue weighted by Crippen LogP contribution is -2.40. The molecule has 1 fully saturated rings. The number of rotatable bonds is 2. The number of piperidine rings is 1. The fourth-order valence-corrected chi connectivity index (χ4v) is 2.12. The second-order valence-corrected chi connectivity index (χ2v) is 4.55. The van der Waals surface area contributed by atoms with E-state index in [1.165, 1.54) is 0 Å². The number of hydrogen-bond acceptors (Lipinski definition) is 5. The van der Waals surface area contributed by atoms with Crippen LogP contribution in [0, 0.1) is 6.92 Å². The number of aliphatic hydroxyl groups excluding tert-OH is 1. The minimum atomic E-state index is -0.283. The maximum absolute atomic E-state index is 12.3. The summed E-state index contributed by atoms with van der Waals surface area (Å²) in [6.45, 7) is 3.00. The van der Waals surface area contributed by atoms with Crippen LogP contribution in [0.15, 0.2) is 12.1 Å². The number of aryl methyl sites for hydroxylation is 1. The summed E-state index contributed by atoms with van der Waals surface area (Å²) in [4.78, 5) is 18.2. The number of nitrogens with two attached hydrogens (primary N) is 1. The summed E-state index contributed by atoms with van der Waals surface area (Å²) in [5.41, 5.74) is 3.77. The van der Waals surface area contributed by atoms with Crippen molar-refractivity contribution in [1.29, 1.82) is 0 Å². The highest BCUT2D eigenvalue weighted by molar-refractivity contribution is 5.95. The molecular weight excluding hydrogens is 232 g/mol. The molecule has 1 aromatic heterocycles. The molecule has 0 spiro atoms. The number of nitrogen functional groups attached to an aromatic ring is 1. The minimum absolute atomic E-state index is 0.0381. The van der Waals surface area contributed by atoms with Gasteiger partial charge in [0.15, 0.2) is 0 Å². The van der Waals surface area contributed by atoms with Crippen LogP contribution in [-0.4, -0.2) is 40.1 Å². The van der Waals surface area contributed by atoms with Gasteiger partial charge in [0.25, 0.3) is 5.91 Å². The van der Waals surface area contributed by atoms with Crippen molar-refractivity contribution in [3.05, 3.63) is 23.4 Å². The average molecular weight is 250 g/mol. The van der Waals surface area contributed by atoms with Crippen LogP contribution in [0.25, 0.3) is 0 Å². The Kier molecular flexibility index (Phi) is 3.78. The van der Waals surface area contributed by atoms with Crippen LogP contribution in [0.4, 0.5) is 5.82 Å². The zero-order valence-corrected chi connectivity index (χ0v) is 10.4. The van der Waals surface area contributed by atoms with E-state index in [0.29, 0.717) is 37.3 Å². The molecule has 18 heavy (non-hydrogen) atoms. The summed E-state index contributed by atoms with van der Waals surface area (Å²) in [7, 11) is 0. The van der Waals surface area contributed by atoms with Crippen molar-refractivity contribution in [2.75, 3.05) is 18.5 Å². The topological polar surface area (TPSA) is 91.5 Å². The number of anilines is 1. The Morgan fingerprint density at radius 2 is 2.17 bits per heavy atom. The molecule has 0 aliphatic carbocycles. The Hall–Kier alpha value is -1.66. The van der Waals surface area contributed by atoms with Crippen LogP contribution in [0.3, 0.4) is 0 Å². The lowest BCUT2D eigenvalue weighted by atomic mass is 10.1.